The van der Waals surface area contributed by atoms with Crippen molar-refractivity contribution in [2.45, 2.75) is 18.8 Å². The number of hydrogen-bond donors (Lipinski definition) is 0. The number of hydrogen-bond acceptors (Lipinski definition) is 7. The summed E-state index contributed by atoms with van der Waals surface area (Å²) in [6.07, 6.45) is 4.38. The van der Waals surface area contributed by atoms with Crippen LogP contribution in [0.15, 0.2) is 36.8 Å². The third-order valence-corrected chi connectivity index (χ3v) is 5.69. The summed E-state index contributed by atoms with van der Waals surface area (Å²) >= 11 is 1.60. The van der Waals surface area contributed by atoms with Gasteiger partial charge in [0.05, 0.1) is 18.9 Å². The molecule has 8 heteroatoms. The summed E-state index contributed by atoms with van der Waals surface area (Å²) in [5.74, 6) is 1.13. The van der Waals surface area contributed by atoms with E-state index < -0.39 is 0 Å². The smallest absolute Gasteiger partial charge is 0.183 e. The lowest BCUT2D eigenvalue weighted by molar-refractivity contribution is 0.416. The Bertz CT molecular complexity index is 895. The molecule has 1 aliphatic heterocycles. The van der Waals surface area contributed by atoms with Crippen molar-refractivity contribution in [1.29, 1.82) is 0 Å². The number of para-hydroxylation sites is 1. The van der Waals surface area contributed by atoms with Gasteiger partial charge in [-0.1, -0.05) is 23.5 Å². The van der Waals surface area contributed by atoms with Crippen molar-refractivity contribution >= 4 is 17.2 Å². The first-order valence-electron chi connectivity index (χ1n) is 8.43. The van der Waals surface area contributed by atoms with Gasteiger partial charge in [-0.15, -0.1) is 10.2 Å². The molecule has 1 aromatic carbocycles. The zero-order chi connectivity index (χ0) is 17.9. The molecule has 6 nitrogen and oxygen atoms in total. The van der Waals surface area contributed by atoms with E-state index in [2.05, 4.69) is 20.2 Å². The van der Waals surface area contributed by atoms with Crippen LogP contribution in [0.25, 0.3) is 10.6 Å². The lowest BCUT2D eigenvalue weighted by Gasteiger charge is -2.31. The van der Waals surface area contributed by atoms with Gasteiger partial charge in [0.2, 0.25) is 0 Å². The van der Waals surface area contributed by atoms with Crippen LogP contribution in [0, 0.1) is 5.82 Å². The van der Waals surface area contributed by atoms with E-state index in [1.807, 2.05) is 29.2 Å². The van der Waals surface area contributed by atoms with Crippen LogP contribution in [0.4, 0.5) is 10.2 Å². The maximum Gasteiger partial charge on any atom is 0.183 e. The topological polar surface area (TPSA) is 64.0 Å². The Kier molecular flexibility index (Phi) is 4.75. The number of halogens is 1. The number of benzene rings is 1. The Labute approximate surface area is 154 Å². The summed E-state index contributed by atoms with van der Waals surface area (Å²) in [5.41, 5.74) is 0.958. The molecule has 4 rings (SSSR count). The van der Waals surface area contributed by atoms with Gasteiger partial charge in [-0.2, -0.15) is 0 Å². The van der Waals surface area contributed by atoms with Crippen molar-refractivity contribution in [3.63, 3.8) is 0 Å². The van der Waals surface area contributed by atoms with Gasteiger partial charge in [0.1, 0.15) is 17.1 Å². The molecule has 1 saturated heterocycles. The minimum atomic E-state index is -0.375. The predicted octanol–water partition coefficient (Wildman–Crippen LogP) is 3.53. The van der Waals surface area contributed by atoms with Gasteiger partial charge in [0.15, 0.2) is 16.6 Å². The minimum Gasteiger partial charge on any atom is -0.496 e. The van der Waals surface area contributed by atoms with Gasteiger partial charge in [0.25, 0.3) is 0 Å². The molecular formula is C18H18FN5OS. The molecule has 0 amide bonds. The van der Waals surface area contributed by atoms with Crippen molar-refractivity contribution in [2.75, 3.05) is 25.1 Å². The second kappa shape index (κ2) is 7.33. The van der Waals surface area contributed by atoms with Crippen LogP contribution in [0.5, 0.6) is 5.75 Å². The zero-order valence-electron chi connectivity index (χ0n) is 14.3. The van der Waals surface area contributed by atoms with Gasteiger partial charge in [-0.3, -0.25) is 0 Å². The number of piperidine rings is 1. The van der Waals surface area contributed by atoms with Crippen molar-refractivity contribution in [2.24, 2.45) is 0 Å². The van der Waals surface area contributed by atoms with Gasteiger partial charge < -0.3 is 9.64 Å². The normalized spacial score (nSPS) is 15.2. The quantitative estimate of drug-likeness (QED) is 0.699. The van der Waals surface area contributed by atoms with Gasteiger partial charge in [-0.05, 0) is 25.0 Å². The first-order chi connectivity index (χ1) is 12.8. The molecule has 0 aliphatic carbocycles. The molecule has 0 atom stereocenters. The zero-order valence-corrected chi connectivity index (χ0v) is 15.1. The van der Waals surface area contributed by atoms with Crippen molar-refractivity contribution in [3.05, 3.63) is 47.6 Å². The van der Waals surface area contributed by atoms with Crippen LogP contribution < -0.4 is 9.64 Å². The third kappa shape index (κ3) is 3.24. The fourth-order valence-corrected chi connectivity index (χ4v) is 4.25. The first-order valence-corrected chi connectivity index (χ1v) is 9.25. The highest BCUT2D eigenvalue weighted by molar-refractivity contribution is 7.14. The lowest BCUT2D eigenvalue weighted by atomic mass is 9.98. The van der Waals surface area contributed by atoms with Crippen molar-refractivity contribution in [1.82, 2.24) is 20.2 Å². The van der Waals surface area contributed by atoms with E-state index >= 15 is 0 Å². The third-order valence-electron chi connectivity index (χ3n) is 4.57. The van der Waals surface area contributed by atoms with Crippen LogP contribution in [0.1, 0.15) is 23.8 Å². The number of methoxy groups -OCH3 is 1. The number of aromatic nitrogens is 4. The number of ether oxygens (including phenoxy) is 1. The molecular weight excluding hydrogens is 353 g/mol. The van der Waals surface area contributed by atoms with E-state index in [0.29, 0.717) is 11.7 Å². The highest BCUT2D eigenvalue weighted by atomic mass is 32.1. The average Bonchev–Trinajstić information content (AvgIpc) is 3.18. The van der Waals surface area contributed by atoms with Crippen molar-refractivity contribution in [3.8, 4) is 16.3 Å². The summed E-state index contributed by atoms with van der Waals surface area (Å²) in [4.78, 5) is 9.74. The maximum absolute atomic E-state index is 13.9. The largest absolute Gasteiger partial charge is 0.496 e. The van der Waals surface area contributed by atoms with Crippen LogP contribution in [0.3, 0.4) is 0 Å². The van der Waals surface area contributed by atoms with Crippen LogP contribution in [-0.4, -0.2) is 40.4 Å². The first kappa shape index (κ1) is 16.8. The van der Waals surface area contributed by atoms with E-state index in [1.54, 1.807) is 18.4 Å². The van der Waals surface area contributed by atoms with E-state index in [1.165, 1.54) is 12.5 Å². The lowest BCUT2D eigenvalue weighted by Crippen LogP contribution is -2.34. The van der Waals surface area contributed by atoms with E-state index in [0.717, 1.165) is 47.3 Å². The van der Waals surface area contributed by atoms with Crippen LogP contribution in [0.2, 0.25) is 0 Å². The van der Waals surface area contributed by atoms with E-state index in [9.17, 15) is 4.39 Å². The molecule has 0 bridgehead atoms. The molecule has 0 saturated carbocycles. The Morgan fingerprint density at radius 2 is 2.00 bits per heavy atom. The minimum absolute atomic E-state index is 0.331. The predicted molar refractivity (Wildman–Crippen MR) is 98.1 cm³/mol. The monoisotopic (exact) mass is 371 g/mol. The summed E-state index contributed by atoms with van der Waals surface area (Å²) in [6, 6.07) is 7.81. The Hall–Kier alpha value is -2.61. The molecule has 26 heavy (non-hydrogen) atoms. The van der Waals surface area contributed by atoms with Gasteiger partial charge in [-0.25, -0.2) is 14.4 Å². The second-order valence-electron chi connectivity index (χ2n) is 6.10. The Balaban J connectivity index is 1.47. The van der Waals surface area contributed by atoms with Gasteiger partial charge >= 0.3 is 0 Å². The fourth-order valence-electron chi connectivity index (χ4n) is 3.21. The van der Waals surface area contributed by atoms with Crippen molar-refractivity contribution < 1.29 is 9.13 Å². The molecule has 0 N–H and O–H groups in total. The van der Waals surface area contributed by atoms with E-state index in [4.69, 9.17) is 4.74 Å². The summed E-state index contributed by atoms with van der Waals surface area (Å²) in [7, 11) is 1.66. The van der Waals surface area contributed by atoms with Crippen LogP contribution in [-0.2, 0) is 0 Å². The molecule has 0 spiro atoms. The second-order valence-corrected chi connectivity index (χ2v) is 7.11. The number of anilines is 1. The molecule has 134 valence electrons. The highest BCUT2D eigenvalue weighted by Gasteiger charge is 2.26. The molecule has 3 aromatic rings. The standard InChI is InChI=1S/C18H18FN5OS/c1-25-15-5-3-2-4-13(15)18-23-22-17(26-18)12-6-8-24(9-7-12)16-14(19)10-20-11-21-16/h2-5,10-12H,6-9H2,1H3. The average molecular weight is 371 g/mol. The highest BCUT2D eigenvalue weighted by Crippen LogP contribution is 2.37. The van der Waals surface area contributed by atoms with E-state index in [-0.39, 0.29) is 5.82 Å². The SMILES string of the molecule is COc1ccccc1-c1nnc(C2CCN(c3ncncc3F)CC2)s1. The molecule has 0 unspecified atom stereocenters. The number of nitrogens with zero attached hydrogens (tertiary/aromatic N) is 5. The van der Waals surface area contributed by atoms with Gasteiger partial charge in [0, 0.05) is 19.0 Å². The number of rotatable bonds is 4. The summed E-state index contributed by atoms with van der Waals surface area (Å²) in [5, 5.41) is 10.6. The fraction of sp³-hybridized carbons (Fsp3) is 0.333. The maximum atomic E-state index is 13.9. The molecule has 0 radical (unpaired) electrons. The molecule has 3 heterocycles. The summed E-state index contributed by atoms with van der Waals surface area (Å²) < 4.78 is 19.3. The molecule has 2 aromatic heterocycles. The molecule has 1 aliphatic rings. The Morgan fingerprint density at radius 1 is 1.19 bits per heavy atom. The summed E-state index contributed by atoms with van der Waals surface area (Å²) in [6.45, 7) is 1.48. The Morgan fingerprint density at radius 3 is 2.77 bits per heavy atom. The van der Waals surface area contributed by atoms with Crippen LogP contribution >= 0.6 is 11.3 Å². The molecule has 1 fully saturated rings.